The van der Waals surface area contributed by atoms with Crippen LogP contribution in [0.15, 0.2) is 26.8 Å². The molecule has 0 saturated heterocycles. The van der Waals surface area contributed by atoms with E-state index in [2.05, 4.69) is 25.6 Å². The summed E-state index contributed by atoms with van der Waals surface area (Å²) in [6.45, 7) is 14.1. The van der Waals surface area contributed by atoms with Crippen molar-refractivity contribution in [3.05, 3.63) is 38.2 Å². The molecule has 0 spiro atoms. The Morgan fingerprint density at radius 3 is 1.90 bits per heavy atom. The van der Waals surface area contributed by atoms with Gasteiger partial charge in [0.25, 0.3) is 0 Å². The van der Waals surface area contributed by atoms with Crippen molar-refractivity contribution in [3.8, 4) is 0 Å². The molecule has 2 aliphatic heterocycles. The Morgan fingerprint density at radius 1 is 0.905 bits per heavy atom. The summed E-state index contributed by atoms with van der Waals surface area (Å²) in [6, 6.07) is 0. The number of allylic oxidation sites excluding steroid dienone is 2. The highest BCUT2D eigenvalue weighted by Gasteiger charge is 2.27. The third kappa shape index (κ3) is 5.15. The van der Waals surface area contributed by atoms with Gasteiger partial charge >= 0.3 is 0 Å². The van der Waals surface area contributed by atoms with Crippen LogP contribution in [0, 0.1) is 6.57 Å². The van der Waals surface area contributed by atoms with E-state index in [4.69, 9.17) is 6.57 Å². The average Bonchev–Trinajstić information content (AvgIpc) is 3.01. The van der Waals surface area contributed by atoms with Crippen molar-refractivity contribution in [1.29, 1.82) is 0 Å². The molecule has 0 aromatic heterocycles. The van der Waals surface area contributed by atoms with Gasteiger partial charge in [0.2, 0.25) is 6.54 Å². The Balaban J connectivity index is 1.95. The number of nitrogens with zero attached hydrogens (tertiary/aromatic N) is 1. The highest BCUT2D eigenvalue weighted by atomic mass is 32.2. The van der Waals surface area contributed by atoms with Gasteiger partial charge in [-0.1, -0.05) is 54.0 Å². The van der Waals surface area contributed by atoms with Gasteiger partial charge in [-0.25, -0.2) is 6.57 Å². The zero-order valence-electron chi connectivity index (χ0n) is 12.2. The van der Waals surface area contributed by atoms with Crippen molar-refractivity contribution >= 4 is 70.6 Å². The van der Waals surface area contributed by atoms with Gasteiger partial charge in [0.05, 0.1) is 22.7 Å². The summed E-state index contributed by atoms with van der Waals surface area (Å²) in [6.07, 6.45) is 1.23. The minimum Gasteiger partial charge on any atom is -0.316 e. The molecule has 0 radical (unpaired) electrons. The fourth-order valence-electron chi connectivity index (χ4n) is 1.52. The fraction of sp³-hybridized carbons (Fsp3) is 0.500. The second kappa shape index (κ2) is 9.19. The van der Waals surface area contributed by atoms with Crippen LogP contribution < -0.4 is 0 Å². The molecule has 0 aliphatic carbocycles. The molecule has 0 amide bonds. The Kier molecular flexibility index (Phi) is 7.94. The van der Waals surface area contributed by atoms with E-state index in [1.165, 1.54) is 38.9 Å². The molecule has 7 heteroatoms. The topological polar surface area (TPSA) is 4.36 Å². The van der Waals surface area contributed by atoms with E-state index in [9.17, 15) is 0 Å². The molecule has 0 aromatic carbocycles. The number of hydrogen-bond donors (Lipinski definition) is 0. The summed E-state index contributed by atoms with van der Waals surface area (Å²) in [5, 5.41) is 0. The van der Waals surface area contributed by atoms with Gasteiger partial charge in [-0.3, -0.25) is 0 Å². The summed E-state index contributed by atoms with van der Waals surface area (Å²) >= 11 is 11.5. The third-order valence-corrected chi connectivity index (χ3v) is 11.4. The maximum absolute atomic E-state index is 6.86. The Morgan fingerprint density at radius 2 is 1.43 bits per heavy atom. The quantitative estimate of drug-likeness (QED) is 0.344. The molecule has 0 N–H and O–H groups in total. The average molecular weight is 392 g/mol. The van der Waals surface area contributed by atoms with Gasteiger partial charge in [0.1, 0.15) is 0 Å². The second-order valence-electron chi connectivity index (χ2n) is 4.25. The smallest absolute Gasteiger partial charge is 0.224 e. The van der Waals surface area contributed by atoms with Crippen molar-refractivity contribution in [2.75, 3.05) is 18.1 Å². The van der Waals surface area contributed by atoms with Crippen LogP contribution in [0.4, 0.5) is 0 Å². The first-order valence-electron chi connectivity index (χ1n) is 6.62. The molecule has 1 nitrogen and oxygen atoms in total. The first kappa shape index (κ1) is 18.2. The van der Waals surface area contributed by atoms with Crippen LogP contribution in [0.1, 0.15) is 27.2 Å². The van der Waals surface area contributed by atoms with Gasteiger partial charge in [-0.05, 0) is 26.0 Å². The number of hydrogen-bond acceptors (Lipinski definition) is 6. The van der Waals surface area contributed by atoms with E-state index >= 15 is 0 Å². The van der Waals surface area contributed by atoms with Gasteiger partial charge in [0, 0.05) is 9.81 Å². The normalized spacial score (nSPS) is 22.4. The minimum absolute atomic E-state index is 0.612. The summed E-state index contributed by atoms with van der Waals surface area (Å²) < 4.78 is 5.75. The zero-order chi connectivity index (χ0) is 15.2. The van der Waals surface area contributed by atoms with Crippen molar-refractivity contribution in [1.82, 2.24) is 0 Å². The molecular formula is C14H17NS6. The lowest BCUT2D eigenvalue weighted by Gasteiger charge is -2.02. The van der Waals surface area contributed by atoms with Crippen LogP contribution in [0.2, 0.25) is 0 Å². The first-order chi connectivity index (χ1) is 10.2. The SMILES string of the molecule is [C-]#[N+]CCSC1=C(C)S/C(=C2\SC(C)=C(SCCC)S2)S1. The summed E-state index contributed by atoms with van der Waals surface area (Å²) in [5.74, 6) is 2.11. The largest absolute Gasteiger partial charge is 0.316 e. The van der Waals surface area contributed by atoms with Crippen molar-refractivity contribution < 1.29 is 0 Å². The van der Waals surface area contributed by atoms with E-state index in [0.29, 0.717) is 6.54 Å². The highest BCUT2D eigenvalue weighted by molar-refractivity contribution is 8.40. The van der Waals surface area contributed by atoms with Crippen LogP contribution >= 0.6 is 70.6 Å². The standard InChI is InChI=1S/C14H17NS6/c1-5-7-16-11-9(2)18-13(20-11)14-19-10(3)12(21-14)17-8-6-15-4/h5-8H2,1-3H3/b14-13-. The molecule has 0 aromatic rings. The van der Waals surface area contributed by atoms with Gasteiger partial charge in [-0.2, -0.15) is 0 Å². The van der Waals surface area contributed by atoms with Gasteiger partial charge in [-0.15, -0.1) is 23.5 Å². The Labute approximate surface area is 153 Å². The van der Waals surface area contributed by atoms with Crippen LogP contribution in [0.25, 0.3) is 4.85 Å². The molecule has 2 heterocycles. The predicted molar refractivity (Wildman–Crippen MR) is 109 cm³/mol. The molecule has 2 rings (SSSR count). The van der Waals surface area contributed by atoms with E-state index in [-0.39, 0.29) is 0 Å². The maximum Gasteiger partial charge on any atom is 0.224 e. The molecule has 0 fully saturated rings. The number of thioether (sulfide) groups is 6. The molecule has 0 saturated carbocycles. The lowest BCUT2D eigenvalue weighted by molar-refractivity contribution is 1.11. The second-order valence-corrected chi connectivity index (χ2v) is 12.0. The maximum atomic E-state index is 6.86. The van der Waals surface area contributed by atoms with E-state index in [0.717, 1.165) is 5.75 Å². The fourth-order valence-corrected chi connectivity index (χ4v) is 9.84. The highest BCUT2D eigenvalue weighted by Crippen LogP contribution is 2.62. The van der Waals surface area contributed by atoms with Gasteiger partial charge < -0.3 is 4.85 Å². The van der Waals surface area contributed by atoms with E-state index < -0.39 is 0 Å². The summed E-state index contributed by atoms with van der Waals surface area (Å²) in [5.41, 5.74) is 0. The summed E-state index contributed by atoms with van der Waals surface area (Å²) in [7, 11) is 0. The first-order valence-corrected chi connectivity index (χ1v) is 11.9. The summed E-state index contributed by atoms with van der Waals surface area (Å²) in [4.78, 5) is 6.27. The van der Waals surface area contributed by atoms with Crippen molar-refractivity contribution in [2.24, 2.45) is 0 Å². The van der Waals surface area contributed by atoms with E-state index in [1.807, 2.05) is 70.6 Å². The Hall–Kier alpha value is 0.810. The number of rotatable bonds is 6. The molecule has 0 bridgehead atoms. The van der Waals surface area contributed by atoms with Gasteiger partial charge in [0.15, 0.2) is 0 Å². The lowest BCUT2D eigenvalue weighted by Crippen LogP contribution is -1.80. The molecule has 21 heavy (non-hydrogen) atoms. The monoisotopic (exact) mass is 391 g/mol. The molecule has 0 unspecified atom stereocenters. The molecule has 2 aliphatic rings. The minimum atomic E-state index is 0.612. The van der Waals surface area contributed by atoms with Crippen molar-refractivity contribution in [2.45, 2.75) is 27.2 Å². The Bertz CT molecular complexity index is 540. The van der Waals surface area contributed by atoms with Crippen LogP contribution in [-0.2, 0) is 0 Å². The third-order valence-electron chi connectivity index (χ3n) is 2.48. The van der Waals surface area contributed by atoms with E-state index in [1.54, 1.807) is 0 Å². The lowest BCUT2D eigenvalue weighted by atomic mass is 10.6. The zero-order valence-corrected chi connectivity index (χ0v) is 17.1. The van der Waals surface area contributed by atoms with Crippen LogP contribution in [0.5, 0.6) is 0 Å². The molecular weight excluding hydrogens is 375 g/mol. The van der Waals surface area contributed by atoms with Crippen molar-refractivity contribution in [3.63, 3.8) is 0 Å². The van der Waals surface area contributed by atoms with Crippen LogP contribution in [0.3, 0.4) is 0 Å². The van der Waals surface area contributed by atoms with Crippen LogP contribution in [-0.4, -0.2) is 18.1 Å². The molecule has 0 atom stereocenters. The predicted octanol–water partition coefficient (Wildman–Crippen LogP) is 7.25. The molecule has 114 valence electrons.